The number of nitriles is 1. The molecule has 1 rings (SSSR count). The Labute approximate surface area is 77.5 Å². The highest BCUT2D eigenvalue weighted by Gasteiger charge is 2.07. The fraction of sp³-hybridized carbons (Fsp3) is 0.111. The van der Waals surface area contributed by atoms with E-state index in [-0.39, 0.29) is 5.75 Å². The van der Waals surface area contributed by atoms with Crippen molar-refractivity contribution in [2.75, 3.05) is 0 Å². The third-order valence-electron chi connectivity index (χ3n) is 1.51. The second-order valence-electron chi connectivity index (χ2n) is 2.66. The molecule has 0 saturated carbocycles. The summed E-state index contributed by atoms with van der Waals surface area (Å²) in [5.74, 6) is -0.184. The SMILES string of the molecule is [CH2]S(=O)(=O)Cc1ccccc1C#N. The van der Waals surface area contributed by atoms with Gasteiger partial charge >= 0.3 is 0 Å². The van der Waals surface area contributed by atoms with Crippen molar-refractivity contribution in [1.82, 2.24) is 0 Å². The fourth-order valence-corrected chi connectivity index (χ4v) is 1.72. The van der Waals surface area contributed by atoms with Crippen molar-refractivity contribution in [3.63, 3.8) is 0 Å². The molecular weight excluding hydrogens is 186 g/mol. The van der Waals surface area contributed by atoms with Crippen molar-refractivity contribution in [3.8, 4) is 6.07 Å². The Morgan fingerprint density at radius 1 is 1.38 bits per heavy atom. The lowest BCUT2D eigenvalue weighted by Gasteiger charge is -2.00. The summed E-state index contributed by atoms with van der Waals surface area (Å²) in [6, 6.07) is 8.51. The van der Waals surface area contributed by atoms with Crippen LogP contribution in [0, 0.1) is 17.6 Å². The standard InChI is InChI=1S/C9H8NO2S/c1-13(11,12)7-9-5-3-2-4-8(9)6-10/h2-5H,1,7H2. The predicted octanol–water partition coefficient (Wildman–Crippen LogP) is 1.26. The molecule has 1 aromatic carbocycles. The highest BCUT2D eigenvalue weighted by Crippen LogP contribution is 2.10. The van der Waals surface area contributed by atoms with E-state index in [9.17, 15) is 8.42 Å². The zero-order valence-electron chi connectivity index (χ0n) is 6.90. The van der Waals surface area contributed by atoms with Crippen LogP contribution in [-0.4, -0.2) is 8.42 Å². The lowest BCUT2D eigenvalue weighted by Crippen LogP contribution is -2.00. The molecule has 0 amide bonds. The van der Waals surface area contributed by atoms with Crippen molar-refractivity contribution < 1.29 is 8.42 Å². The van der Waals surface area contributed by atoms with Crippen LogP contribution in [0.3, 0.4) is 0 Å². The molecule has 0 aromatic heterocycles. The van der Waals surface area contributed by atoms with Crippen molar-refractivity contribution in [2.24, 2.45) is 0 Å². The molecule has 0 aliphatic heterocycles. The summed E-state index contributed by atoms with van der Waals surface area (Å²) in [6.45, 7) is 0. The predicted molar refractivity (Wildman–Crippen MR) is 49.1 cm³/mol. The van der Waals surface area contributed by atoms with Gasteiger partial charge in [0.05, 0.1) is 23.6 Å². The summed E-state index contributed by atoms with van der Waals surface area (Å²) in [4.78, 5) is 0. The van der Waals surface area contributed by atoms with Gasteiger partial charge in [0, 0.05) is 0 Å². The summed E-state index contributed by atoms with van der Waals surface area (Å²) in [5, 5.41) is 8.65. The largest absolute Gasteiger partial charge is 0.228 e. The zero-order valence-corrected chi connectivity index (χ0v) is 7.71. The maximum absolute atomic E-state index is 10.8. The van der Waals surface area contributed by atoms with Crippen LogP contribution in [0.25, 0.3) is 0 Å². The van der Waals surface area contributed by atoms with E-state index in [4.69, 9.17) is 5.26 Å². The Morgan fingerprint density at radius 2 is 2.00 bits per heavy atom. The van der Waals surface area contributed by atoms with Crippen molar-refractivity contribution in [3.05, 3.63) is 41.6 Å². The van der Waals surface area contributed by atoms with Crippen LogP contribution in [0.5, 0.6) is 0 Å². The summed E-state index contributed by atoms with van der Waals surface area (Å²) in [5.41, 5.74) is 0.884. The van der Waals surface area contributed by atoms with E-state index in [2.05, 4.69) is 6.26 Å². The zero-order chi connectivity index (χ0) is 9.90. The van der Waals surface area contributed by atoms with E-state index in [1.54, 1.807) is 24.3 Å². The molecule has 0 bridgehead atoms. The molecule has 4 heteroatoms. The van der Waals surface area contributed by atoms with Crippen LogP contribution in [0.4, 0.5) is 0 Å². The Morgan fingerprint density at radius 3 is 2.54 bits per heavy atom. The molecule has 0 N–H and O–H groups in total. The molecule has 0 aliphatic carbocycles. The molecule has 0 saturated heterocycles. The fourth-order valence-electron chi connectivity index (χ4n) is 0.992. The van der Waals surface area contributed by atoms with Gasteiger partial charge in [-0.2, -0.15) is 5.26 Å². The van der Waals surface area contributed by atoms with E-state index in [1.165, 1.54) is 0 Å². The highest BCUT2D eigenvalue weighted by molar-refractivity contribution is 7.91. The van der Waals surface area contributed by atoms with Crippen LogP contribution in [-0.2, 0) is 15.6 Å². The van der Waals surface area contributed by atoms with Crippen LogP contribution in [0.15, 0.2) is 24.3 Å². The molecule has 0 atom stereocenters. The summed E-state index contributed by atoms with van der Waals surface area (Å²) in [6.07, 6.45) is 3.00. The Balaban J connectivity index is 3.10. The van der Waals surface area contributed by atoms with E-state index >= 15 is 0 Å². The number of sulfone groups is 1. The monoisotopic (exact) mass is 194 g/mol. The maximum atomic E-state index is 10.8. The Kier molecular flexibility index (Phi) is 2.69. The van der Waals surface area contributed by atoms with Crippen LogP contribution in [0.2, 0.25) is 0 Å². The van der Waals surface area contributed by atoms with Gasteiger partial charge in [0.1, 0.15) is 0 Å². The normalized spacial score (nSPS) is 10.8. The molecule has 1 aromatic rings. The van der Waals surface area contributed by atoms with Crippen LogP contribution in [0.1, 0.15) is 11.1 Å². The average molecular weight is 194 g/mol. The number of hydrogen-bond acceptors (Lipinski definition) is 3. The molecule has 13 heavy (non-hydrogen) atoms. The molecule has 0 unspecified atom stereocenters. The Hall–Kier alpha value is -1.34. The average Bonchev–Trinajstić information content (AvgIpc) is 2.02. The van der Waals surface area contributed by atoms with Crippen molar-refractivity contribution >= 4 is 9.84 Å². The first kappa shape index (κ1) is 9.75. The quantitative estimate of drug-likeness (QED) is 0.712. The molecule has 0 aliphatic rings. The van der Waals surface area contributed by atoms with Crippen molar-refractivity contribution in [2.45, 2.75) is 5.75 Å². The summed E-state index contributed by atoms with van der Waals surface area (Å²) < 4.78 is 21.7. The Bertz CT molecular complexity index is 443. The second kappa shape index (κ2) is 3.58. The van der Waals surface area contributed by atoms with Gasteiger partial charge in [0.25, 0.3) is 0 Å². The highest BCUT2D eigenvalue weighted by atomic mass is 32.2. The first-order valence-corrected chi connectivity index (χ1v) is 5.39. The van der Waals surface area contributed by atoms with Crippen LogP contribution < -0.4 is 0 Å². The lowest BCUT2D eigenvalue weighted by atomic mass is 10.1. The minimum Gasteiger partial charge on any atom is -0.228 e. The van der Waals surface area contributed by atoms with Gasteiger partial charge in [-0.25, -0.2) is 8.42 Å². The van der Waals surface area contributed by atoms with Crippen molar-refractivity contribution in [1.29, 1.82) is 5.26 Å². The van der Waals surface area contributed by atoms with Gasteiger partial charge in [-0.1, -0.05) is 18.2 Å². The third-order valence-corrected chi connectivity index (χ3v) is 2.26. The first-order valence-electron chi connectivity index (χ1n) is 3.57. The molecule has 0 spiro atoms. The first-order chi connectivity index (χ1) is 6.03. The third kappa shape index (κ3) is 2.88. The number of benzene rings is 1. The summed E-state index contributed by atoms with van der Waals surface area (Å²) in [7, 11) is -3.31. The number of rotatable bonds is 2. The minimum absolute atomic E-state index is 0.184. The maximum Gasteiger partial charge on any atom is 0.155 e. The molecule has 3 nitrogen and oxygen atoms in total. The molecule has 67 valence electrons. The number of hydrogen-bond donors (Lipinski definition) is 0. The van der Waals surface area contributed by atoms with Gasteiger partial charge in [-0.3, -0.25) is 0 Å². The molecule has 1 radical (unpaired) electrons. The topological polar surface area (TPSA) is 57.9 Å². The van der Waals surface area contributed by atoms with Gasteiger partial charge in [0.2, 0.25) is 0 Å². The molecule has 0 heterocycles. The lowest BCUT2D eigenvalue weighted by molar-refractivity contribution is 0.603. The minimum atomic E-state index is -3.31. The van der Waals surface area contributed by atoms with Gasteiger partial charge in [-0.15, -0.1) is 0 Å². The van der Waals surface area contributed by atoms with E-state index < -0.39 is 9.84 Å². The van der Waals surface area contributed by atoms with E-state index in [0.717, 1.165) is 0 Å². The molecular formula is C9H8NO2S. The summed E-state index contributed by atoms with van der Waals surface area (Å²) >= 11 is 0. The number of nitrogens with zero attached hydrogens (tertiary/aromatic N) is 1. The smallest absolute Gasteiger partial charge is 0.155 e. The van der Waals surface area contributed by atoms with Gasteiger partial charge in [-0.05, 0) is 11.6 Å². The van der Waals surface area contributed by atoms with Gasteiger partial charge in [0.15, 0.2) is 9.84 Å². The molecule has 0 fully saturated rings. The van der Waals surface area contributed by atoms with Crippen LogP contribution >= 0.6 is 0 Å². The van der Waals surface area contributed by atoms with E-state index in [1.807, 2.05) is 6.07 Å². The van der Waals surface area contributed by atoms with E-state index in [0.29, 0.717) is 11.1 Å². The second-order valence-corrected chi connectivity index (χ2v) is 4.43. The van der Waals surface area contributed by atoms with Gasteiger partial charge < -0.3 is 0 Å².